The number of aliphatic hydroxyl groups excluding tert-OH is 1. The molecule has 1 fully saturated rings. The van der Waals surface area contributed by atoms with Gasteiger partial charge < -0.3 is 10.4 Å². The van der Waals surface area contributed by atoms with E-state index in [1.165, 1.54) is 0 Å². The minimum absolute atomic E-state index is 0.00970. The molecule has 0 aliphatic heterocycles. The number of aliphatic hydroxyl groups is 1. The number of nitroso groups, excluding NO2 is 1. The van der Waals surface area contributed by atoms with Gasteiger partial charge in [-0.05, 0) is 25.7 Å². The smallest absolute Gasteiger partial charge is 0.340 e. The van der Waals surface area contributed by atoms with Gasteiger partial charge in [0, 0.05) is 11.9 Å². The lowest BCUT2D eigenvalue weighted by molar-refractivity contribution is 0.115. The van der Waals surface area contributed by atoms with Crippen molar-refractivity contribution in [3.63, 3.8) is 0 Å². The Balaban J connectivity index is 2.35. The first-order valence-electron chi connectivity index (χ1n) is 5.32. The highest BCUT2D eigenvalue weighted by Gasteiger charge is 2.23. The fourth-order valence-corrected chi connectivity index (χ4v) is 1.89. The van der Waals surface area contributed by atoms with Crippen molar-refractivity contribution in [3.05, 3.63) is 4.91 Å². The van der Waals surface area contributed by atoms with Crippen LogP contribution in [0, 0.1) is 4.91 Å². The zero-order valence-electron chi connectivity index (χ0n) is 8.93. The zero-order chi connectivity index (χ0) is 12.0. The van der Waals surface area contributed by atoms with Crippen LogP contribution in [-0.4, -0.2) is 40.7 Å². The maximum absolute atomic E-state index is 11.5. The Bertz CT molecular complexity index is 244. The first-order chi connectivity index (χ1) is 7.67. The summed E-state index contributed by atoms with van der Waals surface area (Å²) >= 11 is 5.43. The summed E-state index contributed by atoms with van der Waals surface area (Å²) in [5.41, 5.74) is 0. The molecule has 2 N–H and O–H groups in total. The van der Waals surface area contributed by atoms with Gasteiger partial charge in [0.1, 0.15) is 0 Å². The molecule has 0 radical (unpaired) electrons. The lowest BCUT2D eigenvalue weighted by atomic mass is 9.93. The Morgan fingerprint density at radius 2 is 2.06 bits per heavy atom. The van der Waals surface area contributed by atoms with E-state index in [9.17, 15) is 14.8 Å². The van der Waals surface area contributed by atoms with E-state index >= 15 is 0 Å². The molecule has 2 amide bonds. The molecule has 16 heavy (non-hydrogen) atoms. The Morgan fingerprint density at radius 1 is 1.44 bits per heavy atom. The maximum Gasteiger partial charge on any atom is 0.340 e. The number of rotatable bonds is 4. The maximum atomic E-state index is 11.5. The van der Waals surface area contributed by atoms with Gasteiger partial charge in [0.05, 0.1) is 17.9 Å². The van der Waals surface area contributed by atoms with Crippen LogP contribution in [0.5, 0.6) is 0 Å². The molecule has 1 aliphatic carbocycles. The van der Waals surface area contributed by atoms with E-state index in [0.717, 1.165) is 17.9 Å². The van der Waals surface area contributed by atoms with Crippen LogP contribution in [0.3, 0.4) is 0 Å². The topological polar surface area (TPSA) is 82.0 Å². The van der Waals surface area contributed by atoms with Crippen LogP contribution in [0.15, 0.2) is 5.29 Å². The van der Waals surface area contributed by atoms with Crippen LogP contribution in [0.4, 0.5) is 4.79 Å². The standard InChI is InChI=1S/C9H16ClN3O3/c10-5-6-13(12-16)9(15)11-7-1-3-8(14)4-2-7/h7-8,14H,1-6H2,(H,11,15)/t7-,8-. The Hall–Kier alpha value is -0.880. The van der Waals surface area contributed by atoms with E-state index in [1.807, 2.05) is 0 Å². The summed E-state index contributed by atoms with van der Waals surface area (Å²) < 4.78 is 0. The molecule has 6 nitrogen and oxygen atoms in total. The fraction of sp³-hybridized carbons (Fsp3) is 0.889. The summed E-state index contributed by atoms with van der Waals surface area (Å²) in [7, 11) is 0. The number of halogens is 1. The Kier molecular flexibility index (Phi) is 5.48. The molecular weight excluding hydrogens is 234 g/mol. The highest BCUT2D eigenvalue weighted by atomic mass is 35.5. The van der Waals surface area contributed by atoms with E-state index < -0.39 is 6.03 Å². The average molecular weight is 250 g/mol. The van der Waals surface area contributed by atoms with E-state index in [-0.39, 0.29) is 24.6 Å². The molecule has 0 heterocycles. The van der Waals surface area contributed by atoms with E-state index in [2.05, 4.69) is 10.6 Å². The number of alkyl halides is 1. The van der Waals surface area contributed by atoms with Crippen molar-refractivity contribution in [3.8, 4) is 0 Å². The van der Waals surface area contributed by atoms with Gasteiger partial charge in [-0.3, -0.25) is 0 Å². The molecule has 1 aliphatic rings. The van der Waals surface area contributed by atoms with E-state index in [0.29, 0.717) is 12.8 Å². The summed E-state index contributed by atoms with van der Waals surface area (Å²) in [5, 5.41) is 15.4. The third-order valence-corrected chi connectivity index (χ3v) is 2.82. The highest BCUT2D eigenvalue weighted by Crippen LogP contribution is 2.18. The second-order valence-corrected chi connectivity index (χ2v) is 4.23. The Labute approximate surface area is 98.9 Å². The summed E-state index contributed by atoms with van der Waals surface area (Å²) in [6.07, 6.45) is 2.53. The van der Waals surface area contributed by atoms with Crippen molar-refractivity contribution in [1.29, 1.82) is 0 Å². The highest BCUT2D eigenvalue weighted by molar-refractivity contribution is 6.18. The van der Waals surface area contributed by atoms with Gasteiger partial charge in [0.25, 0.3) is 0 Å². The molecule has 1 rings (SSSR count). The van der Waals surface area contributed by atoms with Crippen LogP contribution >= 0.6 is 11.6 Å². The second kappa shape index (κ2) is 6.65. The predicted octanol–water partition coefficient (Wildman–Crippen LogP) is 1.22. The number of amides is 2. The largest absolute Gasteiger partial charge is 0.393 e. The molecule has 0 saturated heterocycles. The summed E-state index contributed by atoms with van der Waals surface area (Å²) in [6.45, 7) is 0.103. The molecule has 0 aromatic heterocycles. The number of nitrogens with zero attached hydrogens (tertiary/aromatic N) is 2. The van der Waals surface area contributed by atoms with Crippen molar-refractivity contribution in [1.82, 2.24) is 10.3 Å². The van der Waals surface area contributed by atoms with Crippen LogP contribution < -0.4 is 5.32 Å². The summed E-state index contributed by atoms with van der Waals surface area (Å²) in [5.74, 6) is 0.169. The van der Waals surface area contributed by atoms with Crippen molar-refractivity contribution in [2.24, 2.45) is 5.29 Å². The normalized spacial score (nSPS) is 24.9. The van der Waals surface area contributed by atoms with Crippen molar-refractivity contribution in [2.75, 3.05) is 12.4 Å². The molecule has 0 aromatic carbocycles. The molecule has 0 spiro atoms. The number of nitrogens with one attached hydrogen (secondary N) is 1. The third-order valence-electron chi connectivity index (χ3n) is 2.65. The average Bonchev–Trinajstić information content (AvgIpc) is 2.29. The minimum Gasteiger partial charge on any atom is -0.393 e. The molecule has 0 unspecified atom stereocenters. The van der Waals surface area contributed by atoms with Crippen LogP contribution in [0.2, 0.25) is 0 Å². The Morgan fingerprint density at radius 3 is 2.56 bits per heavy atom. The van der Waals surface area contributed by atoms with Gasteiger partial charge in [-0.1, -0.05) is 0 Å². The van der Waals surface area contributed by atoms with Gasteiger partial charge in [-0.25, -0.2) is 4.79 Å². The molecule has 0 aromatic rings. The van der Waals surface area contributed by atoms with E-state index in [4.69, 9.17) is 11.6 Å². The molecular formula is C9H16ClN3O3. The molecule has 0 atom stereocenters. The predicted molar refractivity (Wildman–Crippen MR) is 60.0 cm³/mol. The van der Waals surface area contributed by atoms with Gasteiger partial charge >= 0.3 is 6.03 Å². The number of hydrogen-bond donors (Lipinski definition) is 2. The number of hydrogen-bond acceptors (Lipinski definition) is 4. The van der Waals surface area contributed by atoms with Crippen molar-refractivity contribution < 1.29 is 9.90 Å². The van der Waals surface area contributed by atoms with Gasteiger partial charge in [0.2, 0.25) is 0 Å². The van der Waals surface area contributed by atoms with Gasteiger partial charge in [-0.2, -0.15) is 5.01 Å². The SMILES string of the molecule is O=NN(CCCl)C(=O)N[C@H]1CC[C@H](O)CC1. The van der Waals surface area contributed by atoms with Crippen LogP contribution in [0.1, 0.15) is 25.7 Å². The first-order valence-corrected chi connectivity index (χ1v) is 5.86. The quantitative estimate of drug-likeness (QED) is 0.447. The van der Waals surface area contributed by atoms with Crippen LogP contribution in [0.25, 0.3) is 0 Å². The molecule has 1 saturated carbocycles. The van der Waals surface area contributed by atoms with Crippen molar-refractivity contribution >= 4 is 17.6 Å². The number of urea groups is 1. The molecule has 7 heteroatoms. The van der Waals surface area contributed by atoms with E-state index in [1.54, 1.807) is 0 Å². The number of carbonyl (C=O) groups excluding carboxylic acids is 1. The van der Waals surface area contributed by atoms with Crippen molar-refractivity contribution in [2.45, 2.75) is 37.8 Å². The summed E-state index contributed by atoms with van der Waals surface area (Å²) in [6, 6.07) is -0.507. The zero-order valence-corrected chi connectivity index (χ0v) is 9.69. The molecule has 92 valence electrons. The first kappa shape index (κ1) is 13.2. The third kappa shape index (κ3) is 3.94. The van der Waals surface area contributed by atoms with Gasteiger partial charge in [0.15, 0.2) is 0 Å². The lowest BCUT2D eigenvalue weighted by Crippen LogP contribution is -2.44. The molecule has 0 bridgehead atoms. The fourth-order valence-electron chi connectivity index (χ4n) is 1.73. The number of carbonyl (C=O) groups is 1. The second-order valence-electron chi connectivity index (χ2n) is 3.85. The monoisotopic (exact) mass is 249 g/mol. The minimum atomic E-state index is -0.517. The van der Waals surface area contributed by atoms with Gasteiger partial charge in [-0.15, -0.1) is 16.5 Å². The lowest BCUT2D eigenvalue weighted by Gasteiger charge is -2.27. The van der Waals surface area contributed by atoms with Crippen LogP contribution in [-0.2, 0) is 0 Å². The summed E-state index contributed by atoms with van der Waals surface area (Å²) in [4.78, 5) is 21.9.